The Hall–Kier alpha value is -1.40. The number of aromatic nitrogens is 2. The zero-order chi connectivity index (χ0) is 14.1. The molecule has 0 saturated carbocycles. The van der Waals surface area contributed by atoms with Gasteiger partial charge in [0.15, 0.2) is 5.82 Å². The SMILES string of the molecule is COCCOCCNc1nccn(CC(C)C)c1=O. The van der Waals surface area contributed by atoms with E-state index in [1.807, 2.05) is 0 Å². The molecule has 0 aromatic carbocycles. The first kappa shape index (κ1) is 15.7. The number of anilines is 1. The van der Waals surface area contributed by atoms with Crippen molar-refractivity contribution in [3.05, 3.63) is 22.7 Å². The van der Waals surface area contributed by atoms with Gasteiger partial charge in [-0.15, -0.1) is 0 Å². The van der Waals surface area contributed by atoms with Gasteiger partial charge in [-0.2, -0.15) is 0 Å². The van der Waals surface area contributed by atoms with Gasteiger partial charge < -0.3 is 19.4 Å². The summed E-state index contributed by atoms with van der Waals surface area (Å²) >= 11 is 0. The lowest BCUT2D eigenvalue weighted by Gasteiger charge is -2.10. The van der Waals surface area contributed by atoms with Crippen molar-refractivity contribution in [2.24, 2.45) is 5.92 Å². The van der Waals surface area contributed by atoms with Crippen LogP contribution in [-0.2, 0) is 16.0 Å². The third-order valence-electron chi connectivity index (χ3n) is 2.45. The molecular weight excluding hydrogens is 246 g/mol. The summed E-state index contributed by atoms with van der Waals surface area (Å²) in [4.78, 5) is 16.1. The number of ether oxygens (including phenoxy) is 2. The predicted molar refractivity (Wildman–Crippen MR) is 74.5 cm³/mol. The Morgan fingerprint density at radius 3 is 2.84 bits per heavy atom. The fourth-order valence-corrected chi connectivity index (χ4v) is 1.59. The van der Waals surface area contributed by atoms with Crippen LogP contribution in [0.25, 0.3) is 0 Å². The molecule has 1 heterocycles. The topological polar surface area (TPSA) is 65.4 Å². The molecule has 6 nitrogen and oxygen atoms in total. The highest BCUT2D eigenvalue weighted by Crippen LogP contribution is 1.98. The standard InChI is InChI=1S/C13H23N3O3/c1-11(2)10-16-6-4-14-12(13(16)17)15-5-7-19-9-8-18-3/h4,6,11H,5,7-10H2,1-3H3,(H,14,15). The zero-order valence-electron chi connectivity index (χ0n) is 11.9. The van der Waals surface area contributed by atoms with E-state index in [-0.39, 0.29) is 5.56 Å². The Morgan fingerprint density at radius 2 is 2.16 bits per heavy atom. The molecule has 0 bridgehead atoms. The summed E-state index contributed by atoms with van der Waals surface area (Å²) in [5.74, 6) is 0.795. The maximum atomic E-state index is 12.0. The molecule has 0 spiro atoms. The molecule has 0 unspecified atom stereocenters. The van der Waals surface area contributed by atoms with Crippen LogP contribution in [0.4, 0.5) is 5.82 Å². The first-order chi connectivity index (χ1) is 9.15. The summed E-state index contributed by atoms with van der Waals surface area (Å²) in [7, 11) is 1.63. The van der Waals surface area contributed by atoms with Crippen LogP contribution < -0.4 is 10.9 Å². The van der Waals surface area contributed by atoms with Crippen LogP contribution in [0.3, 0.4) is 0 Å². The average Bonchev–Trinajstić information content (AvgIpc) is 2.37. The Balaban J connectivity index is 2.43. The van der Waals surface area contributed by atoms with Crippen LogP contribution in [0, 0.1) is 5.92 Å². The summed E-state index contributed by atoms with van der Waals surface area (Å²) in [6.45, 7) is 7.04. The predicted octanol–water partition coefficient (Wildman–Crippen LogP) is 0.974. The summed E-state index contributed by atoms with van der Waals surface area (Å²) in [5, 5.41) is 2.99. The van der Waals surface area contributed by atoms with Crippen LogP contribution in [0.15, 0.2) is 17.2 Å². The number of hydrogen-bond acceptors (Lipinski definition) is 5. The minimum Gasteiger partial charge on any atom is -0.382 e. The molecule has 1 N–H and O–H groups in total. The Bertz CT molecular complexity index is 418. The highest BCUT2D eigenvalue weighted by molar-refractivity contribution is 5.30. The third kappa shape index (κ3) is 5.85. The molecule has 1 aromatic rings. The molecule has 108 valence electrons. The van der Waals surface area contributed by atoms with E-state index in [1.165, 1.54) is 0 Å². The van der Waals surface area contributed by atoms with E-state index < -0.39 is 0 Å². The molecule has 1 rings (SSSR count). The molecule has 0 amide bonds. The lowest BCUT2D eigenvalue weighted by molar-refractivity contribution is 0.0759. The van der Waals surface area contributed by atoms with Crippen molar-refractivity contribution in [3.8, 4) is 0 Å². The highest BCUT2D eigenvalue weighted by Gasteiger charge is 2.05. The minimum absolute atomic E-state index is 0.0897. The van der Waals surface area contributed by atoms with Crippen LogP contribution in [0.5, 0.6) is 0 Å². The Labute approximate surface area is 113 Å². The molecule has 0 aliphatic heterocycles. The van der Waals surface area contributed by atoms with Crippen molar-refractivity contribution < 1.29 is 9.47 Å². The summed E-state index contributed by atoms with van der Waals surface area (Å²) in [6, 6.07) is 0. The van der Waals surface area contributed by atoms with Crippen LogP contribution in [0.2, 0.25) is 0 Å². The van der Waals surface area contributed by atoms with Gasteiger partial charge in [0, 0.05) is 32.6 Å². The third-order valence-corrected chi connectivity index (χ3v) is 2.45. The van der Waals surface area contributed by atoms with Gasteiger partial charge in [-0.1, -0.05) is 13.8 Å². The quantitative estimate of drug-likeness (QED) is 0.677. The van der Waals surface area contributed by atoms with E-state index in [4.69, 9.17) is 9.47 Å². The van der Waals surface area contributed by atoms with Gasteiger partial charge in [0.1, 0.15) is 0 Å². The van der Waals surface area contributed by atoms with E-state index in [0.717, 1.165) is 0 Å². The van der Waals surface area contributed by atoms with Gasteiger partial charge in [-0.25, -0.2) is 4.98 Å². The monoisotopic (exact) mass is 269 g/mol. The molecule has 1 aromatic heterocycles. The number of hydrogen-bond donors (Lipinski definition) is 1. The second-order valence-corrected chi connectivity index (χ2v) is 4.66. The maximum Gasteiger partial charge on any atom is 0.293 e. The molecule has 0 aliphatic carbocycles. The fourth-order valence-electron chi connectivity index (χ4n) is 1.59. The molecule has 19 heavy (non-hydrogen) atoms. The van der Waals surface area contributed by atoms with E-state index in [2.05, 4.69) is 24.1 Å². The van der Waals surface area contributed by atoms with E-state index in [9.17, 15) is 4.79 Å². The normalized spacial score (nSPS) is 10.9. The van der Waals surface area contributed by atoms with Gasteiger partial charge in [0.2, 0.25) is 0 Å². The largest absolute Gasteiger partial charge is 0.382 e. The molecule has 0 fully saturated rings. The van der Waals surface area contributed by atoms with Crippen molar-refractivity contribution in [3.63, 3.8) is 0 Å². The molecule has 0 atom stereocenters. The van der Waals surface area contributed by atoms with E-state index in [0.29, 0.717) is 44.6 Å². The highest BCUT2D eigenvalue weighted by atomic mass is 16.5. The average molecular weight is 269 g/mol. The lowest BCUT2D eigenvalue weighted by Crippen LogP contribution is -2.27. The molecule has 0 saturated heterocycles. The maximum absolute atomic E-state index is 12.0. The number of rotatable bonds is 9. The van der Waals surface area contributed by atoms with Crippen molar-refractivity contribution >= 4 is 5.82 Å². The number of methoxy groups -OCH3 is 1. The second kappa shape index (κ2) is 8.66. The lowest BCUT2D eigenvalue weighted by atomic mass is 10.2. The van der Waals surface area contributed by atoms with Crippen molar-refractivity contribution in [2.45, 2.75) is 20.4 Å². The van der Waals surface area contributed by atoms with Gasteiger partial charge in [-0.3, -0.25) is 4.79 Å². The van der Waals surface area contributed by atoms with Crippen LogP contribution >= 0.6 is 0 Å². The van der Waals surface area contributed by atoms with Crippen LogP contribution in [0.1, 0.15) is 13.8 Å². The summed E-state index contributed by atoms with van der Waals surface area (Å²) in [6.07, 6.45) is 3.35. The van der Waals surface area contributed by atoms with E-state index >= 15 is 0 Å². The van der Waals surface area contributed by atoms with E-state index in [1.54, 1.807) is 24.1 Å². The van der Waals surface area contributed by atoms with Gasteiger partial charge in [0.25, 0.3) is 5.56 Å². The molecule has 6 heteroatoms. The second-order valence-electron chi connectivity index (χ2n) is 4.66. The smallest absolute Gasteiger partial charge is 0.293 e. The van der Waals surface area contributed by atoms with Crippen molar-refractivity contribution in [2.75, 3.05) is 38.8 Å². The van der Waals surface area contributed by atoms with Gasteiger partial charge >= 0.3 is 0 Å². The minimum atomic E-state index is -0.0897. The van der Waals surface area contributed by atoms with Crippen molar-refractivity contribution in [1.82, 2.24) is 9.55 Å². The Morgan fingerprint density at radius 1 is 1.37 bits per heavy atom. The molecular formula is C13H23N3O3. The first-order valence-electron chi connectivity index (χ1n) is 6.51. The summed E-state index contributed by atoms with van der Waals surface area (Å²) in [5.41, 5.74) is -0.0897. The first-order valence-corrected chi connectivity index (χ1v) is 6.51. The molecule has 0 aliphatic rings. The zero-order valence-corrected chi connectivity index (χ0v) is 11.9. The number of nitrogens with one attached hydrogen (secondary N) is 1. The fraction of sp³-hybridized carbons (Fsp3) is 0.692. The Kier molecular flexibility index (Phi) is 7.14. The van der Waals surface area contributed by atoms with Crippen LogP contribution in [-0.4, -0.2) is 43.0 Å². The summed E-state index contributed by atoms with van der Waals surface area (Å²) < 4.78 is 11.8. The number of nitrogens with zero attached hydrogens (tertiary/aromatic N) is 2. The molecule has 0 radical (unpaired) electrons. The van der Waals surface area contributed by atoms with Gasteiger partial charge in [0.05, 0.1) is 19.8 Å². The van der Waals surface area contributed by atoms with Gasteiger partial charge in [-0.05, 0) is 5.92 Å². The van der Waals surface area contributed by atoms with Crippen molar-refractivity contribution in [1.29, 1.82) is 0 Å².